The number of nitrogens with two attached hydrogens (primary N) is 1. The first-order chi connectivity index (χ1) is 26.8. The molecule has 0 radical (unpaired) electrons. The van der Waals surface area contributed by atoms with Gasteiger partial charge in [-0.2, -0.15) is 0 Å². The molecular formula is C45H76NO8P. The number of ether oxygens (including phenoxy) is 2. The number of hydrogen-bond acceptors (Lipinski definition) is 8. The van der Waals surface area contributed by atoms with Crippen molar-refractivity contribution in [3.8, 4) is 0 Å². The fourth-order valence-corrected chi connectivity index (χ4v) is 5.88. The molecule has 0 aromatic rings. The number of esters is 1. The van der Waals surface area contributed by atoms with Crippen LogP contribution in [0.15, 0.2) is 97.4 Å². The van der Waals surface area contributed by atoms with E-state index in [-0.39, 0.29) is 32.8 Å². The van der Waals surface area contributed by atoms with Crippen LogP contribution in [0.1, 0.15) is 142 Å². The van der Waals surface area contributed by atoms with Gasteiger partial charge in [0.15, 0.2) is 6.10 Å². The van der Waals surface area contributed by atoms with E-state index in [1.807, 2.05) is 48.6 Å². The summed E-state index contributed by atoms with van der Waals surface area (Å²) < 4.78 is 32.9. The van der Waals surface area contributed by atoms with Gasteiger partial charge in [-0.25, -0.2) is 4.57 Å². The number of phosphoric acid groups is 1. The quantitative estimate of drug-likeness (QED) is 0.0139. The summed E-state index contributed by atoms with van der Waals surface area (Å²) in [5, 5.41) is 10.1. The van der Waals surface area contributed by atoms with Crippen LogP contribution < -0.4 is 5.73 Å². The lowest BCUT2D eigenvalue weighted by molar-refractivity contribution is -0.153. The molecule has 0 saturated heterocycles. The molecule has 0 aliphatic carbocycles. The Morgan fingerprint density at radius 2 is 1.25 bits per heavy atom. The smallest absolute Gasteiger partial charge is 0.472 e. The Morgan fingerprint density at radius 1 is 0.673 bits per heavy atom. The third kappa shape index (κ3) is 40.7. The lowest BCUT2D eigenvalue weighted by Gasteiger charge is -2.19. The minimum absolute atomic E-state index is 0.0475. The molecule has 0 amide bonds. The largest absolute Gasteiger partial charge is 0.498 e. The highest BCUT2D eigenvalue weighted by molar-refractivity contribution is 7.47. The van der Waals surface area contributed by atoms with E-state index in [0.29, 0.717) is 25.7 Å². The van der Waals surface area contributed by atoms with Crippen LogP contribution in [-0.2, 0) is 27.9 Å². The van der Waals surface area contributed by atoms with Crippen molar-refractivity contribution in [1.29, 1.82) is 0 Å². The number of rotatable bonds is 38. The number of allylic oxidation sites excluding steroid dienone is 13. The number of unbranched alkanes of at least 4 members (excludes halogenated alkanes) is 11. The van der Waals surface area contributed by atoms with Crippen LogP contribution in [0, 0.1) is 0 Å². The molecule has 0 aromatic heterocycles. The highest BCUT2D eigenvalue weighted by Gasteiger charge is 2.25. The summed E-state index contributed by atoms with van der Waals surface area (Å²) >= 11 is 0. The van der Waals surface area contributed by atoms with Gasteiger partial charge in [-0.3, -0.25) is 13.8 Å². The Balaban J connectivity index is 4.39. The average molecular weight is 790 g/mol. The van der Waals surface area contributed by atoms with Crippen molar-refractivity contribution >= 4 is 13.8 Å². The monoisotopic (exact) mass is 790 g/mol. The van der Waals surface area contributed by atoms with Crippen LogP contribution in [-0.4, -0.2) is 54.5 Å². The van der Waals surface area contributed by atoms with Crippen LogP contribution in [0.2, 0.25) is 0 Å². The second-order valence-electron chi connectivity index (χ2n) is 13.4. The summed E-state index contributed by atoms with van der Waals surface area (Å²) in [4.78, 5) is 22.4. The van der Waals surface area contributed by atoms with Gasteiger partial charge in [0.25, 0.3) is 0 Å². The van der Waals surface area contributed by atoms with E-state index in [1.54, 1.807) is 6.08 Å². The molecule has 0 rings (SSSR count). The van der Waals surface area contributed by atoms with Crippen LogP contribution in [0.4, 0.5) is 0 Å². The van der Waals surface area contributed by atoms with Crippen molar-refractivity contribution in [2.24, 2.45) is 5.73 Å². The zero-order chi connectivity index (χ0) is 40.3. The highest BCUT2D eigenvalue weighted by atomic mass is 31.2. The van der Waals surface area contributed by atoms with Gasteiger partial charge < -0.3 is 25.2 Å². The van der Waals surface area contributed by atoms with E-state index in [4.69, 9.17) is 24.3 Å². The van der Waals surface area contributed by atoms with Crippen molar-refractivity contribution in [2.75, 3.05) is 26.4 Å². The predicted molar refractivity (Wildman–Crippen MR) is 229 cm³/mol. The number of phosphoric ester groups is 1. The topological polar surface area (TPSA) is 138 Å². The molecule has 0 aromatic carbocycles. The summed E-state index contributed by atoms with van der Waals surface area (Å²) in [5.41, 5.74) is 5.34. The molecule has 0 fully saturated rings. The summed E-state index contributed by atoms with van der Waals surface area (Å²) in [6, 6.07) is 0. The molecular weight excluding hydrogens is 713 g/mol. The fourth-order valence-electron chi connectivity index (χ4n) is 5.12. The number of hydrogen-bond donors (Lipinski definition) is 3. The van der Waals surface area contributed by atoms with E-state index < -0.39 is 26.0 Å². The lowest BCUT2D eigenvalue weighted by Crippen LogP contribution is -2.27. The Morgan fingerprint density at radius 3 is 1.93 bits per heavy atom. The maximum atomic E-state index is 12.5. The van der Waals surface area contributed by atoms with Gasteiger partial charge in [0.2, 0.25) is 0 Å². The molecule has 0 heterocycles. The average Bonchev–Trinajstić information content (AvgIpc) is 3.17. The SMILES string of the molecule is CC/C=C\C/C=C\C/C=C\C=C\C(O)C/C=C\C/C=C\CCC(=O)OC(CO/C=C\C/C=C\CCCCCCCCCCCCC)COP(=O)(O)OCCN. The second-order valence-corrected chi connectivity index (χ2v) is 14.8. The van der Waals surface area contributed by atoms with Gasteiger partial charge in [-0.15, -0.1) is 0 Å². The predicted octanol–water partition coefficient (Wildman–Crippen LogP) is 11.6. The molecule has 3 unspecified atom stereocenters. The molecule has 55 heavy (non-hydrogen) atoms. The summed E-state index contributed by atoms with van der Waals surface area (Å²) in [6.45, 7) is 3.88. The number of carbonyl (C=O) groups is 1. The first-order valence-electron chi connectivity index (χ1n) is 20.9. The lowest BCUT2D eigenvalue weighted by atomic mass is 10.1. The van der Waals surface area contributed by atoms with Crippen LogP contribution in [0.25, 0.3) is 0 Å². The van der Waals surface area contributed by atoms with Crippen molar-refractivity contribution in [3.05, 3.63) is 97.4 Å². The first-order valence-corrected chi connectivity index (χ1v) is 22.4. The fraction of sp³-hybridized carbons (Fsp3) is 0.622. The van der Waals surface area contributed by atoms with Gasteiger partial charge in [-0.05, 0) is 63.9 Å². The van der Waals surface area contributed by atoms with E-state index in [9.17, 15) is 19.4 Å². The second kappa shape index (κ2) is 40.9. The van der Waals surface area contributed by atoms with Crippen molar-refractivity contribution in [1.82, 2.24) is 0 Å². The minimum atomic E-state index is -4.34. The van der Waals surface area contributed by atoms with Crippen molar-refractivity contribution < 1.29 is 37.9 Å². The van der Waals surface area contributed by atoms with Gasteiger partial charge in [0.1, 0.15) is 6.61 Å². The molecule has 10 heteroatoms. The van der Waals surface area contributed by atoms with Gasteiger partial charge in [0, 0.05) is 13.0 Å². The molecule has 0 saturated carbocycles. The van der Waals surface area contributed by atoms with Crippen LogP contribution >= 0.6 is 7.82 Å². The Bertz CT molecular complexity index is 1170. The van der Waals surface area contributed by atoms with Crippen molar-refractivity contribution in [3.63, 3.8) is 0 Å². The van der Waals surface area contributed by atoms with Gasteiger partial charge in [-0.1, -0.05) is 163 Å². The summed E-state index contributed by atoms with van der Waals surface area (Å²) in [7, 11) is -4.34. The van der Waals surface area contributed by atoms with E-state index >= 15 is 0 Å². The van der Waals surface area contributed by atoms with Crippen LogP contribution in [0.5, 0.6) is 0 Å². The number of aliphatic hydroxyl groups is 1. The molecule has 0 spiro atoms. The molecule has 0 aliphatic rings. The summed E-state index contributed by atoms with van der Waals surface area (Å²) in [6.07, 6.45) is 51.3. The highest BCUT2D eigenvalue weighted by Crippen LogP contribution is 2.43. The summed E-state index contributed by atoms with van der Waals surface area (Å²) in [5.74, 6) is -0.480. The van der Waals surface area contributed by atoms with Gasteiger partial charge in [0.05, 0.1) is 25.6 Å². The molecule has 3 atom stereocenters. The van der Waals surface area contributed by atoms with E-state index in [2.05, 4.69) is 50.3 Å². The first kappa shape index (κ1) is 52.2. The molecule has 314 valence electrons. The Kier molecular flexibility index (Phi) is 38.8. The third-order valence-electron chi connectivity index (χ3n) is 8.17. The number of carbonyl (C=O) groups excluding carboxylic acids is 1. The third-order valence-corrected chi connectivity index (χ3v) is 9.16. The van der Waals surface area contributed by atoms with Gasteiger partial charge >= 0.3 is 13.8 Å². The zero-order valence-corrected chi connectivity index (χ0v) is 35.1. The van der Waals surface area contributed by atoms with Crippen molar-refractivity contribution in [2.45, 2.75) is 154 Å². The van der Waals surface area contributed by atoms with E-state index in [0.717, 1.165) is 25.7 Å². The zero-order valence-electron chi connectivity index (χ0n) is 34.2. The Labute approximate surface area is 334 Å². The molecule has 4 N–H and O–H groups in total. The minimum Gasteiger partial charge on any atom is -0.498 e. The maximum absolute atomic E-state index is 12.5. The molecule has 0 bridgehead atoms. The Hall–Kier alpha value is -2.78. The molecule has 0 aliphatic heterocycles. The van der Waals surface area contributed by atoms with E-state index in [1.165, 1.54) is 76.9 Å². The normalized spacial score (nSPS) is 15.0. The maximum Gasteiger partial charge on any atom is 0.472 e. The number of aliphatic hydroxyl groups excluding tert-OH is 1. The standard InChI is InChI=1S/C45H76NO8P/c1-3-5-7-9-11-13-15-16-17-18-19-20-22-26-30-34-39-51-41-44(42-53-55(49,50)52-40-38-46)54-45(48)37-33-29-25-24-28-32-36-43(47)35-31-27-23-21-14-12-10-8-6-4-2/h6,8,12,14,22-23,25-29,31-32,34-35,39,43-44,47H,3-5,7,9-11,13,15-21,24,30,33,36-38,40-42,46H2,1-2H3,(H,49,50)/b8-6-,14-12-,26-22-,27-23-,29-25-,32-28-,35-31+,39-34-. The molecule has 9 nitrogen and oxygen atoms in total. The van der Waals surface area contributed by atoms with Crippen LogP contribution in [0.3, 0.4) is 0 Å².